The van der Waals surface area contributed by atoms with E-state index in [0.29, 0.717) is 0 Å². The van der Waals surface area contributed by atoms with E-state index in [1.54, 1.807) is 0 Å². The first-order valence-corrected chi connectivity index (χ1v) is 8.37. The molecule has 2 heterocycles. The lowest BCUT2D eigenvalue weighted by Gasteiger charge is -2.12. The molecule has 0 aliphatic heterocycles. The number of nitrogens with zero attached hydrogens (tertiary/aromatic N) is 3. The quantitative estimate of drug-likeness (QED) is 0.792. The van der Waals surface area contributed by atoms with Crippen LogP contribution in [0.25, 0.3) is 5.65 Å². The van der Waals surface area contributed by atoms with Crippen LogP contribution in [-0.2, 0) is 4.79 Å². The average molecular weight is 341 g/mol. The van der Waals surface area contributed by atoms with Crippen LogP contribution in [0.2, 0.25) is 5.02 Å². The number of fused-ring (bicyclic) bond motifs is 1. The monoisotopic (exact) mass is 340 g/mol. The van der Waals surface area contributed by atoms with Gasteiger partial charge in [0.25, 0.3) is 0 Å². The van der Waals surface area contributed by atoms with Gasteiger partial charge in [-0.15, -0.1) is 10.2 Å². The lowest BCUT2D eigenvalue weighted by molar-refractivity contribution is -0.123. The van der Waals surface area contributed by atoms with Gasteiger partial charge < -0.3 is 5.32 Å². The van der Waals surface area contributed by atoms with Gasteiger partial charge >= 0.3 is 0 Å². The number of pyridine rings is 1. The van der Waals surface area contributed by atoms with Crippen LogP contribution in [0.4, 0.5) is 0 Å². The maximum absolute atomic E-state index is 12.5. The van der Waals surface area contributed by atoms with Gasteiger partial charge in [0.1, 0.15) is 0 Å². The van der Waals surface area contributed by atoms with Crippen molar-refractivity contribution in [2.75, 3.05) is 0 Å². The van der Waals surface area contributed by atoms with Gasteiger partial charge in [0, 0.05) is 17.1 Å². The predicted octanol–water partition coefficient (Wildman–Crippen LogP) is 3.36. The highest BCUT2D eigenvalue weighted by molar-refractivity contribution is 6.31. The van der Waals surface area contributed by atoms with E-state index >= 15 is 0 Å². The Balaban J connectivity index is 1.46. The maximum atomic E-state index is 12.5. The molecule has 1 amide bonds. The number of halogens is 1. The van der Waals surface area contributed by atoms with Gasteiger partial charge in [-0.25, -0.2) is 0 Å². The molecule has 1 saturated carbocycles. The Morgan fingerprint density at radius 2 is 2.04 bits per heavy atom. The summed E-state index contributed by atoms with van der Waals surface area (Å²) >= 11 is 6.23. The fourth-order valence-electron chi connectivity index (χ4n) is 3.14. The second kappa shape index (κ2) is 5.91. The molecular formula is C18H17ClN4O. The molecule has 0 bridgehead atoms. The van der Waals surface area contributed by atoms with Gasteiger partial charge in [-0.05, 0) is 43.0 Å². The van der Waals surface area contributed by atoms with Crippen molar-refractivity contribution >= 4 is 23.2 Å². The number of benzene rings is 1. The number of aromatic nitrogens is 3. The molecule has 1 aromatic carbocycles. The predicted molar refractivity (Wildman–Crippen MR) is 91.8 cm³/mol. The number of hydrogen-bond donors (Lipinski definition) is 1. The third kappa shape index (κ3) is 2.65. The number of hydrogen-bond acceptors (Lipinski definition) is 3. The van der Waals surface area contributed by atoms with Crippen LogP contribution < -0.4 is 5.32 Å². The van der Waals surface area contributed by atoms with Crippen LogP contribution in [0.5, 0.6) is 0 Å². The third-order valence-electron chi connectivity index (χ3n) is 4.52. The SMILES string of the molecule is CC(NC(=O)C1CC1c1ccccc1Cl)c1nnc2ccccn12. The van der Waals surface area contributed by atoms with Gasteiger partial charge in [-0.3, -0.25) is 9.20 Å². The first-order valence-electron chi connectivity index (χ1n) is 7.99. The molecule has 1 aliphatic rings. The Morgan fingerprint density at radius 1 is 1.25 bits per heavy atom. The Hall–Kier alpha value is -2.40. The largest absolute Gasteiger partial charge is 0.346 e. The molecule has 3 aromatic rings. The first kappa shape index (κ1) is 15.1. The molecule has 1 N–H and O–H groups in total. The van der Waals surface area contributed by atoms with Crippen molar-refractivity contribution in [3.63, 3.8) is 0 Å². The van der Waals surface area contributed by atoms with Crippen LogP contribution in [0.3, 0.4) is 0 Å². The summed E-state index contributed by atoms with van der Waals surface area (Å²) in [7, 11) is 0. The summed E-state index contributed by atoms with van der Waals surface area (Å²) in [6.45, 7) is 1.92. The van der Waals surface area contributed by atoms with E-state index in [-0.39, 0.29) is 23.8 Å². The molecular weight excluding hydrogens is 324 g/mol. The van der Waals surface area contributed by atoms with E-state index in [1.807, 2.05) is 60.0 Å². The van der Waals surface area contributed by atoms with E-state index in [4.69, 9.17) is 11.6 Å². The fourth-order valence-corrected chi connectivity index (χ4v) is 3.42. The molecule has 24 heavy (non-hydrogen) atoms. The number of carbonyl (C=O) groups is 1. The van der Waals surface area contributed by atoms with Crippen LogP contribution in [0, 0.1) is 5.92 Å². The lowest BCUT2D eigenvalue weighted by Crippen LogP contribution is -2.29. The minimum Gasteiger partial charge on any atom is -0.346 e. The van der Waals surface area contributed by atoms with Crippen molar-refractivity contribution in [1.29, 1.82) is 0 Å². The lowest BCUT2D eigenvalue weighted by atomic mass is 10.1. The molecule has 4 rings (SSSR count). The van der Waals surface area contributed by atoms with Gasteiger partial charge in [0.15, 0.2) is 11.5 Å². The van der Waals surface area contributed by atoms with Crippen molar-refractivity contribution in [1.82, 2.24) is 19.9 Å². The van der Waals surface area contributed by atoms with Crippen molar-refractivity contribution in [3.8, 4) is 0 Å². The second-order valence-electron chi connectivity index (χ2n) is 6.19. The molecule has 2 aromatic heterocycles. The molecule has 0 saturated heterocycles. The van der Waals surface area contributed by atoms with Gasteiger partial charge in [0.2, 0.25) is 5.91 Å². The smallest absolute Gasteiger partial charge is 0.224 e. The molecule has 3 unspecified atom stereocenters. The first-order chi connectivity index (χ1) is 11.6. The van der Waals surface area contributed by atoms with Crippen molar-refractivity contribution < 1.29 is 4.79 Å². The van der Waals surface area contributed by atoms with E-state index < -0.39 is 0 Å². The topological polar surface area (TPSA) is 59.3 Å². The standard InChI is InChI=1S/C18H17ClN4O/c1-11(17-22-21-16-8-4-5-9-23(16)17)20-18(24)14-10-13(14)12-6-2-3-7-15(12)19/h2-9,11,13-14H,10H2,1H3,(H,20,24). The molecule has 122 valence electrons. The average Bonchev–Trinajstić information content (AvgIpc) is 3.26. The molecule has 5 nitrogen and oxygen atoms in total. The Kier molecular flexibility index (Phi) is 3.73. The summed E-state index contributed by atoms with van der Waals surface area (Å²) < 4.78 is 1.89. The summed E-state index contributed by atoms with van der Waals surface area (Å²) in [6, 6.07) is 13.2. The van der Waals surface area contributed by atoms with E-state index in [2.05, 4.69) is 15.5 Å². The van der Waals surface area contributed by atoms with Crippen molar-refractivity contribution in [2.45, 2.75) is 25.3 Å². The van der Waals surface area contributed by atoms with Crippen LogP contribution >= 0.6 is 11.6 Å². The van der Waals surface area contributed by atoms with Crippen LogP contribution in [0.15, 0.2) is 48.7 Å². The van der Waals surface area contributed by atoms with E-state index in [1.165, 1.54) is 0 Å². The van der Waals surface area contributed by atoms with Gasteiger partial charge in [0.05, 0.1) is 6.04 Å². The van der Waals surface area contributed by atoms with E-state index in [0.717, 1.165) is 28.5 Å². The molecule has 1 aliphatic carbocycles. The Bertz CT molecular complexity index is 907. The zero-order chi connectivity index (χ0) is 16.7. The number of carbonyl (C=O) groups excluding carboxylic acids is 1. The highest BCUT2D eigenvalue weighted by Crippen LogP contribution is 2.49. The number of rotatable bonds is 4. The van der Waals surface area contributed by atoms with Crippen molar-refractivity contribution in [2.24, 2.45) is 5.92 Å². The summed E-state index contributed by atoms with van der Waals surface area (Å²) in [4.78, 5) is 12.5. The van der Waals surface area contributed by atoms with Gasteiger partial charge in [-0.1, -0.05) is 35.9 Å². The fraction of sp³-hybridized carbons (Fsp3) is 0.278. The molecule has 6 heteroatoms. The molecule has 0 spiro atoms. The zero-order valence-electron chi connectivity index (χ0n) is 13.2. The summed E-state index contributed by atoms with van der Waals surface area (Å²) in [5, 5.41) is 12.1. The van der Waals surface area contributed by atoms with Gasteiger partial charge in [-0.2, -0.15) is 0 Å². The highest BCUT2D eigenvalue weighted by Gasteiger charge is 2.45. The number of nitrogens with one attached hydrogen (secondary N) is 1. The van der Waals surface area contributed by atoms with E-state index in [9.17, 15) is 4.79 Å². The second-order valence-corrected chi connectivity index (χ2v) is 6.59. The number of amides is 1. The molecule has 1 fully saturated rings. The minimum atomic E-state index is -0.206. The zero-order valence-corrected chi connectivity index (χ0v) is 13.9. The summed E-state index contributed by atoms with van der Waals surface area (Å²) in [5.74, 6) is 0.960. The molecule has 0 radical (unpaired) electrons. The third-order valence-corrected chi connectivity index (χ3v) is 4.86. The maximum Gasteiger partial charge on any atom is 0.224 e. The highest BCUT2D eigenvalue weighted by atomic mass is 35.5. The minimum absolute atomic E-state index is 0.0217. The molecule has 3 atom stereocenters. The summed E-state index contributed by atoms with van der Waals surface area (Å²) in [5.41, 5.74) is 1.83. The Morgan fingerprint density at radius 3 is 2.88 bits per heavy atom. The van der Waals surface area contributed by atoms with Crippen molar-refractivity contribution in [3.05, 3.63) is 65.1 Å². The summed E-state index contributed by atoms with van der Waals surface area (Å²) in [6.07, 6.45) is 2.74. The van der Waals surface area contributed by atoms with Crippen LogP contribution in [0.1, 0.15) is 36.7 Å². The van der Waals surface area contributed by atoms with Crippen LogP contribution in [-0.4, -0.2) is 20.5 Å². The normalized spacial score (nSPS) is 20.8. The Labute approximate surface area is 144 Å².